The van der Waals surface area contributed by atoms with E-state index in [4.69, 9.17) is 5.26 Å². The first-order chi connectivity index (χ1) is 6.52. The molecule has 1 N–H and O–H groups in total. The molecular weight excluding hydrogens is 204 g/mol. The molecule has 0 radical (unpaired) electrons. The monoisotopic (exact) mass is 218 g/mol. The first-order valence-electron chi connectivity index (χ1n) is 4.59. The molecule has 0 aromatic rings. The van der Waals surface area contributed by atoms with E-state index >= 15 is 0 Å². The molecule has 0 aromatic heterocycles. The molecule has 1 rings (SSSR count). The number of rotatable bonds is 3. The van der Waals surface area contributed by atoms with Gasteiger partial charge in [0.15, 0.2) is 5.25 Å². The van der Waals surface area contributed by atoms with E-state index in [0.717, 1.165) is 0 Å². The third-order valence-electron chi connectivity index (χ3n) is 2.36. The molecule has 80 valence electrons. The van der Waals surface area contributed by atoms with Gasteiger partial charge in [-0.2, -0.15) is 9.57 Å². The Balaban J connectivity index is 2.81. The van der Waals surface area contributed by atoms with Crippen molar-refractivity contribution in [1.82, 2.24) is 4.31 Å². The highest BCUT2D eigenvalue weighted by Gasteiger charge is 2.35. The first kappa shape index (κ1) is 11.4. The first-order valence-corrected chi connectivity index (χ1v) is 6.09. The smallest absolute Gasteiger partial charge is 0.230 e. The Labute approximate surface area is 84.0 Å². The number of β-amino-alcohol motifs (C(OH)–C–C–N with tert-alkyl or cyclic N) is 1. The van der Waals surface area contributed by atoms with Crippen molar-refractivity contribution in [2.45, 2.75) is 31.1 Å². The topological polar surface area (TPSA) is 81.4 Å². The molecule has 0 bridgehead atoms. The summed E-state index contributed by atoms with van der Waals surface area (Å²) in [4.78, 5) is 0. The number of aliphatic hydroxyl groups is 1. The van der Waals surface area contributed by atoms with Crippen molar-refractivity contribution in [2.75, 3.05) is 13.1 Å². The number of sulfonamides is 1. The van der Waals surface area contributed by atoms with Gasteiger partial charge in [-0.05, 0) is 12.8 Å². The number of aliphatic hydroxyl groups excluding tert-OH is 1. The summed E-state index contributed by atoms with van der Waals surface area (Å²) in [5.41, 5.74) is 0. The predicted molar refractivity (Wildman–Crippen MR) is 50.8 cm³/mol. The van der Waals surface area contributed by atoms with Gasteiger partial charge in [-0.1, -0.05) is 6.92 Å². The van der Waals surface area contributed by atoms with E-state index in [1.165, 1.54) is 4.31 Å². The maximum Gasteiger partial charge on any atom is 0.230 e. The van der Waals surface area contributed by atoms with Gasteiger partial charge in [0.1, 0.15) is 0 Å². The molecule has 5 nitrogen and oxygen atoms in total. The molecule has 1 heterocycles. The standard InChI is InChI=1S/C8H14N2O3S/c1-2-8(5-9)14(12,13)10-4-3-7(11)6-10/h7-8,11H,2-4,6H2,1H3. The molecule has 0 aliphatic carbocycles. The van der Waals surface area contributed by atoms with Gasteiger partial charge in [-0.25, -0.2) is 8.42 Å². The molecule has 0 amide bonds. The molecular formula is C8H14N2O3S. The minimum absolute atomic E-state index is 0.126. The maximum atomic E-state index is 11.7. The van der Waals surface area contributed by atoms with Crippen LogP contribution in [0.1, 0.15) is 19.8 Å². The summed E-state index contributed by atoms with van der Waals surface area (Å²) in [6.45, 7) is 2.11. The molecule has 1 aliphatic heterocycles. The summed E-state index contributed by atoms with van der Waals surface area (Å²) in [5.74, 6) is 0. The van der Waals surface area contributed by atoms with E-state index in [2.05, 4.69) is 0 Å². The third kappa shape index (κ3) is 2.05. The molecule has 1 fully saturated rings. The van der Waals surface area contributed by atoms with Gasteiger partial charge in [-0.3, -0.25) is 0 Å². The Kier molecular flexibility index (Phi) is 3.48. The second-order valence-electron chi connectivity index (χ2n) is 3.37. The second-order valence-corrected chi connectivity index (χ2v) is 5.49. The normalized spacial score (nSPS) is 25.9. The fraction of sp³-hybridized carbons (Fsp3) is 0.875. The van der Waals surface area contributed by atoms with Crippen LogP contribution in [0.3, 0.4) is 0 Å². The van der Waals surface area contributed by atoms with Crippen molar-refractivity contribution in [1.29, 1.82) is 5.26 Å². The number of hydrogen-bond acceptors (Lipinski definition) is 4. The van der Waals surface area contributed by atoms with E-state index in [0.29, 0.717) is 13.0 Å². The zero-order valence-electron chi connectivity index (χ0n) is 8.05. The average molecular weight is 218 g/mol. The van der Waals surface area contributed by atoms with Crippen LogP contribution in [0.2, 0.25) is 0 Å². The van der Waals surface area contributed by atoms with Gasteiger partial charge in [0.25, 0.3) is 0 Å². The van der Waals surface area contributed by atoms with Crippen molar-refractivity contribution >= 4 is 10.0 Å². The molecule has 14 heavy (non-hydrogen) atoms. The van der Waals surface area contributed by atoms with Crippen LogP contribution in [0.25, 0.3) is 0 Å². The summed E-state index contributed by atoms with van der Waals surface area (Å²) in [6.07, 6.45) is 0.160. The fourth-order valence-electron chi connectivity index (χ4n) is 1.49. The van der Waals surface area contributed by atoms with Crippen LogP contribution < -0.4 is 0 Å². The quantitative estimate of drug-likeness (QED) is 0.704. The van der Waals surface area contributed by atoms with E-state index in [1.807, 2.05) is 0 Å². The molecule has 2 unspecified atom stereocenters. The van der Waals surface area contributed by atoms with Crippen LogP contribution >= 0.6 is 0 Å². The Bertz CT molecular complexity index is 333. The summed E-state index contributed by atoms with van der Waals surface area (Å²) in [5, 5.41) is 16.9. The lowest BCUT2D eigenvalue weighted by Crippen LogP contribution is -2.36. The molecule has 0 aromatic carbocycles. The SMILES string of the molecule is CCC(C#N)S(=O)(=O)N1CCC(O)C1. The average Bonchev–Trinajstić information content (AvgIpc) is 2.54. The van der Waals surface area contributed by atoms with Crippen LogP contribution in [0.15, 0.2) is 0 Å². The zero-order chi connectivity index (χ0) is 10.8. The van der Waals surface area contributed by atoms with Crippen molar-refractivity contribution in [3.8, 4) is 6.07 Å². The summed E-state index contributed by atoms with van der Waals surface area (Å²) >= 11 is 0. The summed E-state index contributed by atoms with van der Waals surface area (Å²) in [7, 11) is -3.52. The molecule has 1 saturated heterocycles. The molecule has 6 heteroatoms. The number of nitriles is 1. The van der Waals surface area contributed by atoms with Crippen molar-refractivity contribution < 1.29 is 13.5 Å². The van der Waals surface area contributed by atoms with Gasteiger partial charge in [0.05, 0.1) is 12.2 Å². The van der Waals surface area contributed by atoms with Gasteiger partial charge >= 0.3 is 0 Å². The largest absolute Gasteiger partial charge is 0.392 e. The van der Waals surface area contributed by atoms with E-state index in [1.54, 1.807) is 13.0 Å². The maximum absolute atomic E-state index is 11.7. The predicted octanol–water partition coefficient (Wildman–Crippen LogP) is -0.315. The molecule has 0 spiro atoms. The van der Waals surface area contributed by atoms with Crippen LogP contribution in [-0.2, 0) is 10.0 Å². The number of hydrogen-bond donors (Lipinski definition) is 1. The Morgan fingerprint density at radius 3 is 2.71 bits per heavy atom. The lowest BCUT2D eigenvalue weighted by molar-refractivity contribution is 0.189. The second kappa shape index (κ2) is 4.26. The highest BCUT2D eigenvalue weighted by molar-refractivity contribution is 7.90. The lowest BCUT2D eigenvalue weighted by Gasteiger charge is -2.18. The summed E-state index contributed by atoms with van der Waals surface area (Å²) < 4.78 is 24.7. The van der Waals surface area contributed by atoms with E-state index < -0.39 is 21.4 Å². The van der Waals surface area contributed by atoms with Gasteiger partial charge in [-0.15, -0.1) is 0 Å². The van der Waals surface area contributed by atoms with Crippen LogP contribution in [0.4, 0.5) is 0 Å². The third-order valence-corrected chi connectivity index (χ3v) is 4.57. The van der Waals surface area contributed by atoms with Gasteiger partial charge in [0.2, 0.25) is 10.0 Å². The van der Waals surface area contributed by atoms with Crippen LogP contribution in [-0.4, -0.2) is 42.3 Å². The fourth-order valence-corrected chi connectivity index (χ4v) is 3.14. The van der Waals surface area contributed by atoms with E-state index in [-0.39, 0.29) is 13.0 Å². The highest BCUT2D eigenvalue weighted by Crippen LogP contribution is 2.18. The van der Waals surface area contributed by atoms with Crippen molar-refractivity contribution in [2.24, 2.45) is 0 Å². The van der Waals surface area contributed by atoms with Crippen molar-refractivity contribution in [3.05, 3.63) is 0 Å². The molecule has 0 saturated carbocycles. The van der Waals surface area contributed by atoms with Gasteiger partial charge < -0.3 is 5.11 Å². The number of nitrogens with zero attached hydrogens (tertiary/aromatic N) is 2. The Morgan fingerprint density at radius 1 is 1.71 bits per heavy atom. The Hall–Kier alpha value is -0.640. The Morgan fingerprint density at radius 2 is 2.36 bits per heavy atom. The van der Waals surface area contributed by atoms with Crippen molar-refractivity contribution in [3.63, 3.8) is 0 Å². The summed E-state index contributed by atoms with van der Waals surface area (Å²) in [6, 6.07) is 1.77. The van der Waals surface area contributed by atoms with E-state index in [9.17, 15) is 13.5 Å². The minimum atomic E-state index is -3.52. The molecule has 1 aliphatic rings. The lowest BCUT2D eigenvalue weighted by atomic mass is 10.3. The molecule has 2 atom stereocenters. The van der Waals surface area contributed by atoms with Crippen LogP contribution in [0, 0.1) is 11.3 Å². The highest BCUT2D eigenvalue weighted by atomic mass is 32.2. The van der Waals surface area contributed by atoms with Crippen LogP contribution in [0.5, 0.6) is 0 Å². The van der Waals surface area contributed by atoms with Gasteiger partial charge in [0, 0.05) is 13.1 Å². The minimum Gasteiger partial charge on any atom is -0.392 e. The zero-order valence-corrected chi connectivity index (χ0v) is 8.87.